The van der Waals surface area contributed by atoms with E-state index in [-0.39, 0.29) is 5.91 Å². The molecule has 0 unspecified atom stereocenters. The van der Waals surface area contributed by atoms with Crippen LogP contribution in [0.2, 0.25) is 0 Å². The normalized spacial score (nSPS) is 9.31. The van der Waals surface area contributed by atoms with Crippen LogP contribution in [0.25, 0.3) is 0 Å². The summed E-state index contributed by atoms with van der Waals surface area (Å²) in [6.07, 6.45) is 1.66. The molecule has 3 heteroatoms. The maximum absolute atomic E-state index is 11.4. The summed E-state index contributed by atoms with van der Waals surface area (Å²) in [5.74, 6) is -0.0590. The zero-order valence-electron chi connectivity index (χ0n) is 7.09. The van der Waals surface area contributed by atoms with Crippen LogP contribution in [0.1, 0.15) is 10.4 Å². The van der Waals surface area contributed by atoms with Crippen molar-refractivity contribution in [2.24, 2.45) is 0 Å². The minimum Gasteiger partial charge on any atom is -0.349 e. The van der Waals surface area contributed by atoms with E-state index in [0.717, 1.165) is 3.57 Å². The van der Waals surface area contributed by atoms with Gasteiger partial charge >= 0.3 is 0 Å². The number of hydrogen-bond acceptors (Lipinski definition) is 1. The highest BCUT2D eigenvalue weighted by Crippen LogP contribution is 2.06. The van der Waals surface area contributed by atoms with Crippen molar-refractivity contribution >= 4 is 28.5 Å². The van der Waals surface area contributed by atoms with Crippen molar-refractivity contribution < 1.29 is 4.79 Å². The molecule has 0 aliphatic heterocycles. The maximum atomic E-state index is 11.4. The summed E-state index contributed by atoms with van der Waals surface area (Å²) in [6.45, 7) is 4.03. The molecule has 0 spiro atoms. The number of halogens is 1. The fourth-order valence-corrected chi connectivity index (χ4v) is 1.23. The lowest BCUT2D eigenvalue weighted by atomic mass is 10.2. The van der Waals surface area contributed by atoms with Crippen molar-refractivity contribution in [3.63, 3.8) is 0 Å². The van der Waals surface area contributed by atoms with Crippen LogP contribution in [0.5, 0.6) is 0 Å². The second-order valence-electron chi connectivity index (χ2n) is 2.51. The van der Waals surface area contributed by atoms with E-state index in [2.05, 4.69) is 34.5 Å². The number of rotatable bonds is 3. The number of carbonyl (C=O) groups is 1. The van der Waals surface area contributed by atoms with Crippen molar-refractivity contribution in [1.29, 1.82) is 0 Å². The van der Waals surface area contributed by atoms with E-state index in [1.165, 1.54) is 0 Å². The van der Waals surface area contributed by atoms with E-state index in [0.29, 0.717) is 12.1 Å². The van der Waals surface area contributed by atoms with E-state index in [1.807, 2.05) is 12.1 Å². The number of nitrogens with one attached hydrogen (secondary N) is 1. The zero-order chi connectivity index (χ0) is 9.68. The van der Waals surface area contributed by atoms with Gasteiger partial charge in [-0.05, 0) is 46.9 Å². The second-order valence-corrected chi connectivity index (χ2v) is 3.75. The van der Waals surface area contributed by atoms with E-state index < -0.39 is 0 Å². The summed E-state index contributed by atoms with van der Waals surface area (Å²) < 4.78 is 1.12. The lowest BCUT2D eigenvalue weighted by Crippen LogP contribution is -2.22. The Labute approximate surface area is 91.2 Å². The van der Waals surface area contributed by atoms with Gasteiger partial charge in [-0.15, -0.1) is 6.58 Å². The Hall–Kier alpha value is -0.840. The maximum Gasteiger partial charge on any atom is 0.251 e. The average molecular weight is 291 g/mol. The van der Waals surface area contributed by atoms with Gasteiger partial charge in [0.2, 0.25) is 0 Å². The van der Waals surface area contributed by atoms with Crippen LogP contribution in [0.15, 0.2) is 36.9 Å². The Morgan fingerprint density at radius 3 is 2.62 bits per heavy atom. The third-order valence-electron chi connectivity index (χ3n) is 1.51. The minimum atomic E-state index is -0.0590. The van der Waals surface area contributed by atoms with Gasteiger partial charge in [-0.3, -0.25) is 4.79 Å². The Balaban J connectivity index is 2.66. The topological polar surface area (TPSA) is 29.1 Å². The first-order chi connectivity index (χ1) is 6.24. The standard InChI is InChI=1S/C10H10INO/c1-2-7-12-10(13)8-3-5-9(11)6-4-8/h2-6H,1,7H2,(H,12,13)/i11+4. The van der Waals surface area contributed by atoms with Crippen LogP contribution in [-0.2, 0) is 0 Å². The van der Waals surface area contributed by atoms with Gasteiger partial charge in [-0.1, -0.05) is 6.08 Å². The molecule has 0 atom stereocenters. The second kappa shape index (κ2) is 5.01. The lowest BCUT2D eigenvalue weighted by molar-refractivity contribution is 0.0958. The van der Waals surface area contributed by atoms with E-state index in [9.17, 15) is 4.79 Å². The first-order valence-electron chi connectivity index (χ1n) is 3.88. The monoisotopic (exact) mass is 291 g/mol. The first-order valence-corrected chi connectivity index (χ1v) is 4.96. The van der Waals surface area contributed by atoms with E-state index in [1.54, 1.807) is 18.2 Å². The van der Waals surface area contributed by atoms with Crippen molar-refractivity contribution in [1.82, 2.24) is 5.32 Å². The first kappa shape index (κ1) is 10.2. The van der Waals surface area contributed by atoms with Crippen molar-refractivity contribution in [3.05, 3.63) is 46.1 Å². The molecule has 0 heterocycles. The minimum absolute atomic E-state index is 0.0590. The Kier molecular flexibility index (Phi) is 3.95. The number of amides is 1. The molecule has 0 aliphatic carbocycles. The van der Waals surface area contributed by atoms with E-state index in [4.69, 9.17) is 0 Å². The molecule has 0 fully saturated rings. The van der Waals surface area contributed by atoms with Crippen LogP contribution in [0.4, 0.5) is 0 Å². The Morgan fingerprint density at radius 2 is 2.08 bits per heavy atom. The molecule has 1 amide bonds. The predicted molar refractivity (Wildman–Crippen MR) is 61.7 cm³/mol. The number of benzene rings is 1. The van der Waals surface area contributed by atoms with Gasteiger partial charge in [0.1, 0.15) is 0 Å². The highest BCUT2D eigenvalue weighted by Gasteiger charge is 2.01. The van der Waals surface area contributed by atoms with Crippen LogP contribution in [0, 0.1) is 3.57 Å². The van der Waals surface area contributed by atoms with Gasteiger partial charge in [-0.25, -0.2) is 0 Å². The van der Waals surface area contributed by atoms with E-state index >= 15 is 0 Å². The molecule has 1 N–H and O–H groups in total. The fraction of sp³-hybridized carbons (Fsp3) is 0.100. The summed E-state index contributed by atoms with van der Waals surface area (Å²) >= 11 is 2.20. The summed E-state index contributed by atoms with van der Waals surface area (Å²) in [5.41, 5.74) is 0.683. The van der Waals surface area contributed by atoms with Crippen molar-refractivity contribution in [2.75, 3.05) is 6.54 Å². The smallest absolute Gasteiger partial charge is 0.251 e. The van der Waals surface area contributed by atoms with Gasteiger partial charge in [0, 0.05) is 15.7 Å². The van der Waals surface area contributed by atoms with Gasteiger partial charge in [0.05, 0.1) is 0 Å². The third-order valence-corrected chi connectivity index (χ3v) is 2.23. The molecule has 0 aromatic heterocycles. The molecule has 0 radical (unpaired) electrons. The van der Waals surface area contributed by atoms with Crippen molar-refractivity contribution in [2.45, 2.75) is 0 Å². The molecule has 68 valence electrons. The average Bonchev–Trinajstić information content (AvgIpc) is 2.15. The number of carbonyl (C=O) groups excluding carboxylic acids is 1. The van der Waals surface area contributed by atoms with Gasteiger partial charge in [-0.2, -0.15) is 0 Å². The molecule has 1 rings (SSSR count). The fourth-order valence-electron chi connectivity index (χ4n) is 0.868. The number of hydrogen-bond donors (Lipinski definition) is 1. The zero-order valence-corrected chi connectivity index (χ0v) is 9.24. The summed E-state index contributed by atoms with van der Waals surface area (Å²) in [5, 5.41) is 2.71. The quantitative estimate of drug-likeness (QED) is 0.671. The van der Waals surface area contributed by atoms with Crippen molar-refractivity contribution in [3.8, 4) is 0 Å². The molecular weight excluding hydrogens is 281 g/mol. The molecule has 0 saturated heterocycles. The van der Waals surface area contributed by atoms with Crippen LogP contribution in [0.3, 0.4) is 0 Å². The highest BCUT2D eigenvalue weighted by atomic mass is 131. The lowest BCUT2D eigenvalue weighted by Gasteiger charge is -2.01. The Morgan fingerprint density at radius 1 is 1.46 bits per heavy atom. The van der Waals surface area contributed by atoms with Gasteiger partial charge in [0.15, 0.2) is 0 Å². The molecule has 0 aliphatic rings. The molecule has 2 nitrogen and oxygen atoms in total. The molecule has 1 aromatic carbocycles. The molecule has 0 bridgehead atoms. The van der Waals surface area contributed by atoms with Crippen LogP contribution >= 0.6 is 22.6 Å². The summed E-state index contributed by atoms with van der Waals surface area (Å²) in [7, 11) is 0. The van der Waals surface area contributed by atoms with Crippen LogP contribution < -0.4 is 5.32 Å². The van der Waals surface area contributed by atoms with Gasteiger partial charge in [0.25, 0.3) is 5.91 Å². The largest absolute Gasteiger partial charge is 0.349 e. The molecule has 1 aromatic rings. The van der Waals surface area contributed by atoms with Crippen LogP contribution in [-0.4, -0.2) is 12.5 Å². The SMILES string of the molecule is C=CCNC(=O)c1ccc([131I])cc1. The molecule has 13 heavy (non-hydrogen) atoms. The predicted octanol–water partition coefficient (Wildman–Crippen LogP) is 2.21. The molecular formula is C10H10INO. The van der Waals surface area contributed by atoms with Gasteiger partial charge < -0.3 is 5.32 Å². The molecule has 0 saturated carbocycles. The summed E-state index contributed by atoms with van der Waals surface area (Å²) in [6, 6.07) is 7.42. The highest BCUT2D eigenvalue weighted by molar-refractivity contribution is 14.1. The Bertz CT molecular complexity index is 305. The third kappa shape index (κ3) is 3.18. The summed E-state index contributed by atoms with van der Waals surface area (Å²) in [4.78, 5) is 11.4.